The van der Waals surface area contributed by atoms with Gasteiger partial charge in [-0.3, -0.25) is 4.79 Å². The summed E-state index contributed by atoms with van der Waals surface area (Å²) in [5.41, 5.74) is 1.93. The minimum atomic E-state index is -3.99. The standard InChI is InChI=1S/C25H28N2O7S2/c1-19-3-12-23(13-4-19)35(29,30)18-17-34-25(28)16-7-20-5-14-24(15-6-20)36(31,32)27(26)21-8-10-22(33-2)11-9-21/h3-6,8-15H,7,16-18,26H2,1-2H3. The van der Waals surface area contributed by atoms with Gasteiger partial charge in [0.15, 0.2) is 9.84 Å². The second-order valence-electron chi connectivity index (χ2n) is 8.00. The van der Waals surface area contributed by atoms with Crippen molar-refractivity contribution in [2.24, 2.45) is 5.84 Å². The average molecular weight is 533 g/mol. The Labute approximate surface area is 211 Å². The first kappa shape index (κ1) is 27.2. The predicted molar refractivity (Wildman–Crippen MR) is 136 cm³/mol. The molecule has 0 radical (unpaired) electrons. The summed E-state index contributed by atoms with van der Waals surface area (Å²) in [7, 11) is -6.03. The van der Waals surface area contributed by atoms with Crippen LogP contribution in [-0.2, 0) is 35.8 Å². The third-order valence-electron chi connectivity index (χ3n) is 5.42. The van der Waals surface area contributed by atoms with E-state index >= 15 is 0 Å². The molecule has 192 valence electrons. The fourth-order valence-electron chi connectivity index (χ4n) is 3.26. The molecule has 0 aliphatic rings. The summed E-state index contributed by atoms with van der Waals surface area (Å²) >= 11 is 0. The van der Waals surface area contributed by atoms with Crippen molar-refractivity contribution in [2.45, 2.75) is 29.6 Å². The Morgan fingerprint density at radius 2 is 1.44 bits per heavy atom. The molecule has 0 fully saturated rings. The van der Waals surface area contributed by atoms with Gasteiger partial charge < -0.3 is 9.47 Å². The van der Waals surface area contributed by atoms with E-state index in [4.69, 9.17) is 15.3 Å². The summed E-state index contributed by atoms with van der Waals surface area (Å²) in [6, 6.07) is 18.7. The molecular weight excluding hydrogens is 504 g/mol. The van der Waals surface area contributed by atoms with Crippen molar-refractivity contribution in [1.82, 2.24) is 0 Å². The van der Waals surface area contributed by atoms with Crippen LogP contribution in [0.5, 0.6) is 5.75 Å². The van der Waals surface area contributed by atoms with E-state index in [1.807, 2.05) is 6.92 Å². The number of carbonyl (C=O) groups excluding carboxylic acids is 1. The summed E-state index contributed by atoms with van der Waals surface area (Å²) in [6.45, 7) is 1.62. The number of sulfone groups is 1. The first-order valence-electron chi connectivity index (χ1n) is 11.0. The highest BCUT2D eigenvalue weighted by Crippen LogP contribution is 2.23. The summed E-state index contributed by atoms with van der Waals surface area (Å²) in [6.07, 6.45) is 0.320. The van der Waals surface area contributed by atoms with Gasteiger partial charge in [0.05, 0.1) is 28.3 Å². The van der Waals surface area contributed by atoms with Crippen molar-refractivity contribution in [3.05, 3.63) is 83.9 Å². The number of aryl methyl sites for hydroxylation is 2. The molecule has 0 aliphatic heterocycles. The van der Waals surface area contributed by atoms with E-state index in [0.717, 1.165) is 5.56 Å². The van der Waals surface area contributed by atoms with E-state index in [1.165, 1.54) is 43.5 Å². The molecule has 0 spiro atoms. The number of esters is 1. The summed E-state index contributed by atoms with van der Waals surface area (Å²) in [5, 5.41) is 0. The molecule has 9 nitrogen and oxygen atoms in total. The molecule has 0 saturated carbocycles. The number of sulfonamides is 1. The van der Waals surface area contributed by atoms with Gasteiger partial charge in [-0.15, -0.1) is 0 Å². The van der Waals surface area contributed by atoms with Crippen molar-refractivity contribution in [2.75, 3.05) is 23.9 Å². The third-order valence-corrected chi connectivity index (χ3v) is 8.71. The SMILES string of the molecule is COc1ccc(N(N)S(=O)(=O)c2ccc(CCC(=O)OCCS(=O)(=O)c3ccc(C)cc3)cc2)cc1. The van der Waals surface area contributed by atoms with Crippen molar-refractivity contribution in [3.8, 4) is 5.75 Å². The molecule has 0 atom stereocenters. The zero-order valence-electron chi connectivity index (χ0n) is 20.0. The molecule has 3 rings (SSSR count). The highest BCUT2D eigenvalue weighted by atomic mass is 32.2. The monoisotopic (exact) mass is 532 g/mol. The zero-order chi connectivity index (χ0) is 26.3. The van der Waals surface area contributed by atoms with E-state index < -0.39 is 25.8 Å². The Hall–Kier alpha value is -3.41. The van der Waals surface area contributed by atoms with Gasteiger partial charge in [-0.2, -0.15) is 8.42 Å². The van der Waals surface area contributed by atoms with Gasteiger partial charge in [-0.05, 0) is 67.4 Å². The van der Waals surface area contributed by atoms with Crippen LogP contribution < -0.4 is 15.0 Å². The number of anilines is 1. The number of hydrogen-bond acceptors (Lipinski definition) is 8. The Morgan fingerprint density at radius 3 is 2.03 bits per heavy atom. The quantitative estimate of drug-likeness (QED) is 0.226. The van der Waals surface area contributed by atoms with Gasteiger partial charge in [-0.1, -0.05) is 29.8 Å². The molecule has 0 amide bonds. The highest BCUT2D eigenvalue weighted by molar-refractivity contribution is 7.92. The normalized spacial score (nSPS) is 11.6. The van der Waals surface area contributed by atoms with Crippen LogP contribution in [0.2, 0.25) is 0 Å². The van der Waals surface area contributed by atoms with Crippen molar-refractivity contribution < 1.29 is 31.1 Å². The van der Waals surface area contributed by atoms with Gasteiger partial charge in [-0.25, -0.2) is 18.7 Å². The lowest BCUT2D eigenvalue weighted by Crippen LogP contribution is -2.37. The van der Waals surface area contributed by atoms with Crippen molar-refractivity contribution >= 4 is 31.5 Å². The number of nitrogens with zero attached hydrogens (tertiary/aromatic N) is 1. The molecule has 11 heteroatoms. The molecule has 3 aromatic carbocycles. The Balaban J connectivity index is 1.51. The van der Waals surface area contributed by atoms with E-state index in [-0.39, 0.29) is 34.3 Å². The fraction of sp³-hybridized carbons (Fsp3) is 0.240. The zero-order valence-corrected chi connectivity index (χ0v) is 21.6. The number of methoxy groups -OCH3 is 1. The fourth-order valence-corrected chi connectivity index (χ4v) is 5.45. The van der Waals surface area contributed by atoms with Crippen LogP contribution in [0.15, 0.2) is 82.6 Å². The smallest absolute Gasteiger partial charge is 0.306 e. The third kappa shape index (κ3) is 6.84. The number of nitrogens with two attached hydrogens (primary N) is 1. The second kappa shape index (κ2) is 11.5. The molecule has 0 bridgehead atoms. The van der Waals surface area contributed by atoms with Crippen LogP contribution in [-0.4, -0.2) is 42.3 Å². The summed E-state index contributed by atoms with van der Waals surface area (Å²) in [4.78, 5) is 12.2. The van der Waals surface area contributed by atoms with Gasteiger partial charge >= 0.3 is 5.97 Å². The lowest BCUT2D eigenvalue weighted by molar-refractivity contribution is -0.142. The summed E-state index contributed by atoms with van der Waals surface area (Å²) in [5.74, 6) is 5.57. The maximum Gasteiger partial charge on any atom is 0.306 e. The van der Waals surface area contributed by atoms with Crippen LogP contribution in [0.25, 0.3) is 0 Å². The van der Waals surface area contributed by atoms with Gasteiger partial charge in [0.1, 0.15) is 12.4 Å². The molecule has 3 aromatic rings. The van der Waals surface area contributed by atoms with Gasteiger partial charge in [0.25, 0.3) is 10.0 Å². The number of benzene rings is 3. The molecule has 36 heavy (non-hydrogen) atoms. The Kier molecular flexibility index (Phi) is 8.72. The second-order valence-corrected chi connectivity index (χ2v) is 11.9. The van der Waals surface area contributed by atoms with E-state index in [0.29, 0.717) is 22.1 Å². The summed E-state index contributed by atoms with van der Waals surface area (Å²) < 4.78 is 61.1. The lowest BCUT2D eigenvalue weighted by Gasteiger charge is -2.19. The van der Waals surface area contributed by atoms with Crippen LogP contribution >= 0.6 is 0 Å². The minimum Gasteiger partial charge on any atom is -0.497 e. The molecule has 0 aromatic heterocycles. The minimum absolute atomic E-state index is 0.00606. The average Bonchev–Trinajstić information content (AvgIpc) is 2.87. The molecule has 0 unspecified atom stereocenters. The Bertz CT molecular complexity index is 1390. The topological polar surface area (TPSA) is 133 Å². The molecule has 2 N–H and O–H groups in total. The Morgan fingerprint density at radius 1 is 0.861 bits per heavy atom. The molecule has 0 heterocycles. The van der Waals surface area contributed by atoms with E-state index in [9.17, 15) is 21.6 Å². The van der Waals surface area contributed by atoms with Crippen molar-refractivity contribution in [1.29, 1.82) is 0 Å². The number of ether oxygens (including phenoxy) is 2. The van der Waals surface area contributed by atoms with Crippen molar-refractivity contribution in [3.63, 3.8) is 0 Å². The highest BCUT2D eigenvalue weighted by Gasteiger charge is 2.22. The van der Waals surface area contributed by atoms with Crippen LogP contribution in [0.1, 0.15) is 17.5 Å². The lowest BCUT2D eigenvalue weighted by atomic mass is 10.1. The molecule has 0 aliphatic carbocycles. The molecular formula is C25H28N2O7S2. The maximum absolute atomic E-state index is 12.8. The molecule has 0 saturated heterocycles. The maximum atomic E-state index is 12.8. The number of hydrogen-bond donors (Lipinski definition) is 1. The predicted octanol–water partition coefficient (Wildman–Crippen LogP) is 3.02. The van der Waals surface area contributed by atoms with E-state index in [1.54, 1.807) is 36.4 Å². The van der Waals surface area contributed by atoms with Crippen LogP contribution in [0, 0.1) is 6.92 Å². The first-order chi connectivity index (χ1) is 17.0. The van der Waals surface area contributed by atoms with Crippen LogP contribution in [0.3, 0.4) is 0 Å². The largest absolute Gasteiger partial charge is 0.497 e. The number of rotatable bonds is 11. The first-order valence-corrected chi connectivity index (χ1v) is 14.1. The number of carbonyl (C=O) groups is 1. The van der Waals surface area contributed by atoms with Gasteiger partial charge in [0, 0.05) is 6.42 Å². The van der Waals surface area contributed by atoms with E-state index in [2.05, 4.69) is 0 Å². The van der Waals surface area contributed by atoms with Gasteiger partial charge in [0.2, 0.25) is 0 Å². The number of hydrazine groups is 1. The van der Waals surface area contributed by atoms with Crippen LogP contribution in [0.4, 0.5) is 5.69 Å².